The quantitative estimate of drug-likeness (QED) is 0.854. The predicted octanol–water partition coefficient (Wildman–Crippen LogP) is 4.74. The van der Waals surface area contributed by atoms with E-state index in [0.29, 0.717) is 5.92 Å². The molecule has 0 aliphatic carbocycles. The minimum Gasteiger partial charge on any atom is -0.326 e. The summed E-state index contributed by atoms with van der Waals surface area (Å²) in [6.07, 6.45) is 0. The van der Waals surface area contributed by atoms with E-state index in [0.717, 1.165) is 5.69 Å². The van der Waals surface area contributed by atoms with Crippen LogP contribution in [0.1, 0.15) is 37.8 Å². The fourth-order valence-electron chi connectivity index (χ4n) is 2.31. The summed E-state index contributed by atoms with van der Waals surface area (Å²) < 4.78 is 0. The Hall–Kier alpha value is -2.09. The number of carbonyl (C=O) groups excluding carboxylic acids is 1. The molecule has 104 valence electrons. The molecule has 0 heterocycles. The van der Waals surface area contributed by atoms with E-state index in [2.05, 4.69) is 44.3 Å². The van der Waals surface area contributed by atoms with Crippen molar-refractivity contribution in [3.63, 3.8) is 0 Å². The van der Waals surface area contributed by atoms with Gasteiger partial charge >= 0.3 is 0 Å². The maximum absolute atomic E-state index is 11.0. The van der Waals surface area contributed by atoms with Crippen molar-refractivity contribution < 1.29 is 4.79 Å². The second-order valence-electron chi connectivity index (χ2n) is 5.49. The molecule has 2 nitrogen and oxygen atoms in total. The fraction of sp³-hybridized carbons (Fsp3) is 0.278. The number of aryl methyl sites for hydroxylation is 1. The molecule has 0 aliphatic rings. The highest BCUT2D eigenvalue weighted by atomic mass is 16.1. The molecule has 0 saturated heterocycles. The van der Waals surface area contributed by atoms with Crippen LogP contribution in [-0.4, -0.2) is 5.91 Å². The zero-order valence-electron chi connectivity index (χ0n) is 12.5. The van der Waals surface area contributed by atoms with Gasteiger partial charge in [0, 0.05) is 12.6 Å². The average Bonchev–Trinajstić information content (AvgIpc) is 2.39. The van der Waals surface area contributed by atoms with Gasteiger partial charge in [0.25, 0.3) is 0 Å². The normalized spacial score (nSPS) is 10.7. The predicted molar refractivity (Wildman–Crippen MR) is 85.0 cm³/mol. The van der Waals surface area contributed by atoms with E-state index in [1.165, 1.54) is 29.2 Å². The second kappa shape index (κ2) is 5.91. The van der Waals surface area contributed by atoms with Crippen molar-refractivity contribution >= 4 is 11.6 Å². The number of benzene rings is 2. The third-order valence-electron chi connectivity index (χ3n) is 3.43. The van der Waals surface area contributed by atoms with Gasteiger partial charge in [-0.1, -0.05) is 44.2 Å². The summed E-state index contributed by atoms with van der Waals surface area (Å²) in [6.45, 7) is 8.07. The molecular formula is C18H21NO. The third-order valence-corrected chi connectivity index (χ3v) is 3.43. The van der Waals surface area contributed by atoms with Gasteiger partial charge in [-0.25, -0.2) is 0 Å². The molecule has 0 radical (unpaired) electrons. The van der Waals surface area contributed by atoms with Gasteiger partial charge in [0.2, 0.25) is 5.91 Å². The van der Waals surface area contributed by atoms with E-state index in [1.807, 2.05) is 24.3 Å². The Morgan fingerprint density at radius 3 is 2.20 bits per heavy atom. The molecule has 0 spiro atoms. The zero-order chi connectivity index (χ0) is 14.7. The Balaban J connectivity index is 2.30. The highest BCUT2D eigenvalue weighted by molar-refractivity contribution is 5.89. The van der Waals surface area contributed by atoms with Crippen LogP contribution in [0, 0.1) is 6.92 Å². The second-order valence-corrected chi connectivity index (χ2v) is 5.49. The summed E-state index contributed by atoms with van der Waals surface area (Å²) in [5.74, 6) is 0.500. The molecule has 20 heavy (non-hydrogen) atoms. The molecule has 0 bridgehead atoms. The van der Waals surface area contributed by atoms with Crippen LogP contribution in [0.25, 0.3) is 11.1 Å². The summed E-state index contributed by atoms with van der Waals surface area (Å²) in [4.78, 5) is 11.0. The lowest BCUT2D eigenvalue weighted by Crippen LogP contribution is -2.05. The highest BCUT2D eigenvalue weighted by Crippen LogP contribution is 2.27. The molecule has 2 heteroatoms. The van der Waals surface area contributed by atoms with Gasteiger partial charge in [-0.2, -0.15) is 0 Å². The van der Waals surface area contributed by atoms with Crippen molar-refractivity contribution in [1.29, 1.82) is 0 Å². The Bertz CT molecular complexity index is 612. The van der Waals surface area contributed by atoms with Gasteiger partial charge in [0.1, 0.15) is 0 Å². The molecule has 1 amide bonds. The first kappa shape index (κ1) is 14.3. The molecule has 2 rings (SSSR count). The van der Waals surface area contributed by atoms with Crippen molar-refractivity contribution in [3.05, 3.63) is 53.6 Å². The zero-order valence-corrected chi connectivity index (χ0v) is 12.5. The molecule has 0 aromatic heterocycles. The van der Waals surface area contributed by atoms with Crippen molar-refractivity contribution in [2.24, 2.45) is 0 Å². The van der Waals surface area contributed by atoms with Crippen LogP contribution >= 0.6 is 0 Å². The largest absolute Gasteiger partial charge is 0.326 e. The van der Waals surface area contributed by atoms with E-state index in [9.17, 15) is 4.79 Å². The molecule has 1 N–H and O–H groups in total. The Morgan fingerprint density at radius 2 is 1.70 bits per heavy atom. The summed E-state index contributed by atoms with van der Waals surface area (Å²) in [6, 6.07) is 14.6. The van der Waals surface area contributed by atoms with Crippen molar-refractivity contribution in [2.75, 3.05) is 5.32 Å². The molecule has 0 fully saturated rings. The van der Waals surface area contributed by atoms with Crippen molar-refractivity contribution in [2.45, 2.75) is 33.6 Å². The van der Waals surface area contributed by atoms with E-state index >= 15 is 0 Å². The van der Waals surface area contributed by atoms with Crippen LogP contribution in [0.4, 0.5) is 5.69 Å². The minimum atomic E-state index is -0.0461. The first-order valence-corrected chi connectivity index (χ1v) is 6.96. The molecule has 0 atom stereocenters. The van der Waals surface area contributed by atoms with Gasteiger partial charge < -0.3 is 5.32 Å². The minimum absolute atomic E-state index is 0.0461. The van der Waals surface area contributed by atoms with Gasteiger partial charge in [-0.05, 0) is 47.2 Å². The lowest BCUT2D eigenvalue weighted by molar-refractivity contribution is -0.114. The Kier molecular flexibility index (Phi) is 4.23. The average molecular weight is 267 g/mol. The molecule has 0 aliphatic heterocycles. The number of nitrogens with one attached hydrogen (secondary N) is 1. The maximum Gasteiger partial charge on any atom is 0.221 e. The molecule has 2 aromatic carbocycles. The smallest absolute Gasteiger partial charge is 0.221 e. The SMILES string of the molecule is CC(=O)Nc1ccc(-c2ccc(C(C)C)cc2C)cc1. The molecule has 0 saturated carbocycles. The molecule has 2 aromatic rings. The standard InChI is InChI=1S/C18H21NO/c1-12(2)16-7-10-18(13(3)11-16)15-5-8-17(9-6-15)19-14(4)20/h5-12H,1-4H3,(H,19,20). The van der Waals surface area contributed by atoms with Gasteiger partial charge in [0.15, 0.2) is 0 Å². The van der Waals surface area contributed by atoms with E-state index in [-0.39, 0.29) is 5.91 Å². The van der Waals surface area contributed by atoms with Crippen LogP contribution in [0.3, 0.4) is 0 Å². The summed E-state index contributed by atoms with van der Waals surface area (Å²) >= 11 is 0. The van der Waals surface area contributed by atoms with Gasteiger partial charge in [0.05, 0.1) is 0 Å². The van der Waals surface area contributed by atoms with E-state index < -0.39 is 0 Å². The summed E-state index contributed by atoms with van der Waals surface area (Å²) in [5.41, 5.74) is 5.89. The van der Waals surface area contributed by atoms with Gasteiger partial charge in [-0.3, -0.25) is 4.79 Å². The fourth-order valence-corrected chi connectivity index (χ4v) is 2.31. The Labute approximate surface area is 120 Å². The van der Waals surface area contributed by atoms with E-state index in [4.69, 9.17) is 0 Å². The molecular weight excluding hydrogens is 246 g/mol. The lowest BCUT2D eigenvalue weighted by atomic mass is 9.94. The van der Waals surface area contributed by atoms with Crippen molar-refractivity contribution in [1.82, 2.24) is 0 Å². The monoisotopic (exact) mass is 267 g/mol. The summed E-state index contributed by atoms with van der Waals surface area (Å²) in [7, 11) is 0. The van der Waals surface area contributed by atoms with Crippen LogP contribution in [0.15, 0.2) is 42.5 Å². The third kappa shape index (κ3) is 3.27. The number of hydrogen-bond donors (Lipinski definition) is 1. The number of amides is 1. The van der Waals surface area contributed by atoms with Crippen LogP contribution in [0.5, 0.6) is 0 Å². The van der Waals surface area contributed by atoms with Crippen LogP contribution < -0.4 is 5.32 Å². The van der Waals surface area contributed by atoms with Crippen molar-refractivity contribution in [3.8, 4) is 11.1 Å². The first-order valence-electron chi connectivity index (χ1n) is 6.96. The number of anilines is 1. The Morgan fingerprint density at radius 1 is 1.05 bits per heavy atom. The van der Waals surface area contributed by atoms with Crippen LogP contribution in [-0.2, 0) is 4.79 Å². The maximum atomic E-state index is 11.0. The highest BCUT2D eigenvalue weighted by Gasteiger charge is 2.05. The number of rotatable bonds is 3. The van der Waals surface area contributed by atoms with Crippen LogP contribution in [0.2, 0.25) is 0 Å². The number of hydrogen-bond acceptors (Lipinski definition) is 1. The van der Waals surface area contributed by atoms with E-state index in [1.54, 1.807) is 0 Å². The van der Waals surface area contributed by atoms with Gasteiger partial charge in [-0.15, -0.1) is 0 Å². The summed E-state index contributed by atoms with van der Waals surface area (Å²) in [5, 5.41) is 2.78. The lowest BCUT2D eigenvalue weighted by Gasteiger charge is -2.11. The topological polar surface area (TPSA) is 29.1 Å². The molecule has 0 unspecified atom stereocenters. The first-order chi connectivity index (χ1) is 9.47. The number of carbonyl (C=O) groups is 1.